The molecule has 0 aliphatic heterocycles. The number of ether oxygens (including phenoxy) is 3. The molecule has 0 saturated heterocycles. The summed E-state index contributed by atoms with van der Waals surface area (Å²) in [5, 5.41) is 8.58. The summed E-state index contributed by atoms with van der Waals surface area (Å²) in [7, 11) is 4.40. The highest BCUT2D eigenvalue weighted by molar-refractivity contribution is 8.00. The fraction of sp³-hybridized carbons (Fsp3) is 0.209. The first kappa shape index (κ1) is 38.9. The van der Waals surface area contributed by atoms with Gasteiger partial charge in [-0.15, -0.1) is 23.1 Å². The van der Waals surface area contributed by atoms with Crippen molar-refractivity contribution in [1.82, 2.24) is 5.32 Å². The number of carbonyl (C=O) groups excluding carboxylic acids is 4. The molecule has 5 aromatic rings. The molecule has 2 unspecified atom stereocenters. The molecule has 12 heteroatoms. The monoisotopic (exact) mass is 775 g/mol. The zero-order chi connectivity index (χ0) is 38.9. The van der Waals surface area contributed by atoms with E-state index in [1.165, 1.54) is 50.0 Å². The van der Waals surface area contributed by atoms with Gasteiger partial charge in [0.15, 0.2) is 11.5 Å². The lowest BCUT2D eigenvalue weighted by Gasteiger charge is -2.22. The fourth-order valence-electron chi connectivity index (χ4n) is 6.37. The Kier molecular flexibility index (Phi) is 12.7. The Morgan fingerprint density at radius 3 is 2.27 bits per heavy atom. The average molecular weight is 776 g/mol. The van der Waals surface area contributed by atoms with Crippen molar-refractivity contribution in [3.8, 4) is 11.5 Å². The highest BCUT2D eigenvalue weighted by Gasteiger charge is 2.31. The van der Waals surface area contributed by atoms with Gasteiger partial charge >= 0.3 is 5.97 Å². The Bertz CT molecular complexity index is 2220. The van der Waals surface area contributed by atoms with E-state index < -0.39 is 23.0 Å². The van der Waals surface area contributed by atoms with E-state index >= 15 is 0 Å². The second kappa shape index (κ2) is 18.0. The number of anilines is 2. The molecule has 3 amide bonds. The van der Waals surface area contributed by atoms with Gasteiger partial charge in [-0.25, -0.2) is 4.79 Å². The van der Waals surface area contributed by atoms with Crippen molar-refractivity contribution in [1.29, 1.82) is 0 Å². The zero-order valence-corrected chi connectivity index (χ0v) is 32.5. The van der Waals surface area contributed by atoms with Crippen LogP contribution in [0.15, 0.2) is 114 Å². The smallest absolute Gasteiger partial charge is 0.341 e. The molecule has 1 aromatic heterocycles. The van der Waals surface area contributed by atoms with Crippen LogP contribution in [0.1, 0.15) is 61.5 Å². The van der Waals surface area contributed by atoms with Crippen LogP contribution in [0.4, 0.5) is 10.7 Å². The Morgan fingerprint density at radius 1 is 0.836 bits per heavy atom. The van der Waals surface area contributed by atoms with Gasteiger partial charge in [0, 0.05) is 21.0 Å². The van der Waals surface area contributed by atoms with Gasteiger partial charge in [-0.05, 0) is 97.3 Å². The van der Waals surface area contributed by atoms with Gasteiger partial charge in [-0.1, -0.05) is 60.7 Å². The molecule has 0 saturated carbocycles. The summed E-state index contributed by atoms with van der Waals surface area (Å²) in [5.41, 5.74) is 4.08. The van der Waals surface area contributed by atoms with Crippen LogP contribution in [0.2, 0.25) is 0 Å². The summed E-state index contributed by atoms with van der Waals surface area (Å²) < 4.78 is 15.9. The normalized spacial score (nSPS) is 14.2. The highest BCUT2D eigenvalue weighted by atomic mass is 32.2. The predicted molar refractivity (Wildman–Crippen MR) is 217 cm³/mol. The maximum atomic E-state index is 13.7. The maximum absolute atomic E-state index is 13.7. The zero-order valence-electron chi connectivity index (χ0n) is 30.8. The summed E-state index contributed by atoms with van der Waals surface area (Å²) in [6.45, 7) is 1.78. The van der Waals surface area contributed by atoms with Crippen molar-refractivity contribution >= 4 is 63.6 Å². The molecule has 282 valence electrons. The van der Waals surface area contributed by atoms with Crippen molar-refractivity contribution in [2.45, 2.75) is 42.2 Å². The summed E-state index contributed by atoms with van der Waals surface area (Å²) >= 11 is 2.74. The minimum absolute atomic E-state index is 0.00187. The number of hydrogen-bond donors (Lipinski definition) is 3. The van der Waals surface area contributed by atoms with Crippen molar-refractivity contribution < 1.29 is 33.4 Å². The van der Waals surface area contributed by atoms with Crippen LogP contribution in [0, 0.1) is 0 Å². The molecule has 0 bridgehead atoms. The number of thioether (sulfide) groups is 1. The maximum Gasteiger partial charge on any atom is 0.341 e. The molecule has 10 nitrogen and oxygen atoms in total. The summed E-state index contributed by atoms with van der Waals surface area (Å²) in [6.07, 6.45) is 3.95. The van der Waals surface area contributed by atoms with E-state index in [9.17, 15) is 19.2 Å². The third kappa shape index (κ3) is 9.45. The van der Waals surface area contributed by atoms with E-state index in [2.05, 4.69) is 28.1 Å². The van der Waals surface area contributed by atoms with E-state index in [-0.39, 0.29) is 11.6 Å². The van der Waals surface area contributed by atoms with Crippen LogP contribution in [0.25, 0.3) is 6.08 Å². The Morgan fingerprint density at radius 2 is 1.56 bits per heavy atom. The van der Waals surface area contributed by atoms with Crippen LogP contribution < -0.4 is 25.4 Å². The standard InChI is InChI=1S/C43H41N3O7S2/c1-26(39(47)46-42-38(43(50)53-4)33-20-19-30(24-37(33)55-42)28-12-7-5-8-13-28)54-32-17-11-16-31(25-32)44-41(49)34(45-40(48)29-14-9-6-10-15-29)22-27-18-21-35(51-2)36(23-27)52-3/h5-18,21-23,25-26,30H,19-20,24H2,1-4H3,(H,44,49)(H,45,48)(H,46,47)/b34-22+. The lowest BCUT2D eigenvalue weighted by atomic mass is 9.83. The third-order valence-electron chi connectivity index (χ3n) is 9.18. The van der Waals surface area contributed by atoms with Crippen molar-refractivity contribution in [2.24, 2.45) is 0 Å². The van der Waals surface area contributed by atoms with Crippen LogP contribution in [-0.2, 0) is 27.2 Å². The van der Waals surface area contributed by atoms with E-state index in [0.29, 0.717) is 44.8 Å². The molecule has 55 heavy (non-hydrogen) atoms. The van der Waals surface area contributed by atoms with Gasteiger partial charge in [0.1, 0.15) is 10.7 Å². The largest absolute Gasteiger partial charge is 0.493 e. The summed E-state index contributed by atoms with van der Waals surface area (Å²) in [4.78, 5) is 55.3. The molecule has 4 aromatic carbocycles. The number of benzene rings is 4. The topological polar surface area (TPSA) is 132 Å². The quantitative estimate of drug-likeness (QED) is 0.0618. The number of nitrogens with one attached hydrogen (secondary N) is 3. The summed E-state index contributed by atoms with van der Waals surface area (Å²) in [6, 6.07) is 31.2. The lowest BCUT2D eigenvalue weighted by Crippen LogP contribution is -2.30. The number of thiophene rings is 1. The van der Waals surface area contributed by atoms with Gasteiger partial charge in [0.05, 0.1) is 32.1 Å². The van der Waals surface area contributed by atoms with Crippen LogP contribution in [0.3, 0.4) is 0 Å². The highest BCUT2D eigenvalue weighted by Crippen LogP contribution is 2.43. The van der Waals surface area contributed by atoms with E-state index in [1.807, 2.05) is 24.3 Å². The Balaban J connectivity index is 1.17. The second-order valence-electron chi connectivity index (χ2n) is 12.8. The van der Waals surface area contributed by atoms with Gasteiger partial charge in [0.2, 0.25) is 5.91 Å². The molecular weight excluding hydrogens is 735 g/mol. The number of fused-ring (bicyclic) bond motifs is 1. The number of amides is 3. The molecule has 6 rings (SSSR count). The molecule has 0 radical (unpaired) electrons. The minimum Gasteiger partial charge on any atom is -0.493 e. The van der Waals surface area contributed by atoms with Crippen molar-refractivity contribution in [2.75, 3.05) is 32.0 Å². The van der Waals surface area contributed by atoms with Crippen molar-refractivity contribution in [3.05, 3.63) is 142 Å². The number of carbonyl (C=O) groups is 4. The van der Waals surface area contributed by atoms with Gasteiger partial charge in [-0.3, -0.25) is 14.4 Å². The molecular formula is C43H41N3O7S2. The number of rotatable bonds is 13. The van der Waals surface area contributed by atoms with E-state index in [1.54, 1.807) is 79.7 Å². The molecule has 2 atom stereocenters. The fourth-order valence-corrected chi connectivity index (χ4v) is 8.61. The Hall–Kier alpha value is -5.85. The Labute approximate surface area is 328 Å². The molecule has 1 aliphatic rings. The summed E-state index contributed by atoms with van der Waals surface area (Å²) in [5.74, 6) is -0.429. The first-order valence-electron chi connectivity index (χ1n) is 17.6. The van der Waals surface area contributed by atoms with E-state index in [0.717, 1.165) is 34.6 Å². The van der Waals surface area contributed by atoms with E-state index in [4.69, 9.17) is 14.2 Å². The number of hydrogen-bond acceptors (Lipinski definition) is 9. The number of methoxy groups -OCH3 is 3. The van der Waals surface area contributed by atoms with Crippen LogP contribution in [0.5, 0.6) is 11.5 Å². The molecule has 3 N–H and O–H groups in total. The second-order valence-corrected chi connectivity index (χ2v) is 15.3. The lowest BCUT2D eigenvalue weighted by molar-refractivity contribution is -0.115. The molecule has 1 aliphatic carbocycles. The minimum atomic E-state index is -0.557. The average Bonchev–Trinajstić information content (AvgIpc) is 3.57. The van der Waals surface area contributed by atoms with Crippen LogP contribution in [-0.4, -0.2) is 50.3 Å². The SMILES string of the molecule is COC(=O)c1c(NC(=O)C(C)Sc2cccc(NC(=O)/C(=C\c3ccc(OC)c(OC)c3)NC(=O)c3ccccc3)c2)sc2c1CCC(c1ccccc1)C2. The molecule has 0 fully saturated rings. The van der Waals surface area contributed by atoms with Crippen LogP contribution >= 0.6 is 23.1 Å². The molecule has 1 heterocycles. The predicted octanol–water partition coefficient (Wildman–Crippen LogP) is 8.35. The first-order chi connectivity index (χ1) is 26.7. The van der Waals surface area contributed by atoms with Crippen molar-refractivity contribution in [3.63, 3.8) is 0 Å². The van der Waals surface area contributed by atoms with Gasteiger partial charge in [-0.2, -0.15) is 0 Å². The first-order valence-corrected chi connectivity index (χ1v) is 19.3. The van der Waals surface area contributed by atoms with Gasteiger partial charge in [0.25, 0.3) is 11.8 Å². The third-order valence-corrected chi connectivity index (χ3v) is 11.4. The van der Waals surface area contributed by atoms with Gasteiger partial charge < -0.3 is 30.2 Å². The number of esters is 1. The molecule has 0 spiro atoms.